The van der Waals surface area contributed by atoms with E-state index in [-0.39, 0.29) is 19.1 Å². The van der Waals surface area contributed by atoms with Gasteiger partial charge in [0.2, 0.25) is 0 Å². The molecule has 0 bridgehead atoms. The van der Waals surface area contributed by atoms with Crippen molar-refractivity contribution < 1.29 is 10.2 Å². The first-order chi connectivity index (χ1) is 6.77. The number of hydrogen-bond acceptors (Lipinski definition) is 2. The third kappa shape index (κ3) is 3.13. The molecule has 0 saturated carbocycles. The van der Waals surface area contributed by atoms with Crippen LogP contribution < -0.4 is 0 Å². The Labute approximate surface area is 85.2 Å². The molecule has 0 fully saturated rings. The third-order valence-electron chi connectivity index (χ3n) is 2.47. The molecule has 0 aliphatic carbocycles. The van der Waals surface area contributed by atoms with E-state index in [0.29, 0.717) is 0 Å². The summed E-state index contributed by atoms with van der Waals surface area (Å²) in [6.45, 7) is 2.41. The second kappa shape index (κ2) is 5.78. The molecule has 2 N–H and O–H groups in total. The molecule has 0 aliphatic heterocycles. The molecular formula is C12H18O2. The molecule has 78 valence electrons. The Balaban J connectivity index is 2.75. The normalized spacial score (nSPS) is 10.9. The van der Waals surface area contributed by atoms with Crippen molar-refractivity contribution in [2.24, 2.45) is 0 Å². The van der Waals surface area contributed by atoms with Crippen molar-refractivity contribution in [3.05, 3.63) is 35.4 Å². The predicted molar refractivity (Wildman–Crippen MR) is 57.3 cm³/mol. The molecule has 0 aliphatic rings. The van der Waals surface area contributed by atoms with Gasteiger partial charge < -0.3 is 10.2 Å². The van der Waals surface area contributed by atoms with Crippen molar-refractivity contribution in [2.75, 3.05) is 13.2 Å². The molecule has 0 saturated heterocycles. The van der Waals surface area contributed by atoms with Crippen LogP contribution >= 0.6 is 0 Å². The second-order valence-corrected chi connectivity index (χ2v) is 3.64. The summed E-state index contributed by atoms with van der Waals surface area (Å²) in [5.74, 6) is 0.282. The van der Waals surface area contributed by atoms with Gasteiger partial charge in [-0.25, -0.2) is 0 Å². The van der Waals surface area contributed by atoms with Gasteiger partial charge in [0, 0.05) is 13.2 Å². The predicted octanol–water partition coefficient (Wildman–Crippen LogP) is 1.84. The highest BCUT2D eigenvalue weighted by atomic mass is 16.3. The van der Waals surface area contributed by atoms with Crippen molar-refractivity contribution in [1.82, 2.24) is 0 Å². The summed E-state index contributed by atoms with van der Waals surface area (Å²) in [6, 6.07) is 8.25. The van der Waals surface area contributed by atoms with Gasteiger partial charge in [0.05, 0.1) is 0 Å². The molecule has 0 spiro atoms. The molecule has 0 unspecified atom stereocenters. The molecule has 1 aromatic carbocycles. The summed E-state index contributed by atoms with van der Waals surface area (Å²) in [5, 5.41) is 17.8. The molecule has 2 heteroatoms. The van der Waals surface area contributed by atoms with E-state index < -0.39 is 0 Å². The Morgan fingerprint density at radius 1 is 1.14 bits per heavy atom. The van der Waals surface area contributed by atoms with Gasteiger partial charge >= 0.3 is 0 Å². The van der Waals surface area contributed by atoms with Crippen LogP contribution in [0.4, 0.5) is 0 Å². The summed E-state index contributed by atoms with van der Waals surface area (Å²) in [6.07, 6.45) is 1.45. The molecule has 1 aromatic rings. The summed E-state index contributed by atoms with van der Waals surface area (Å²) in [7, 11) is 0. The minimum atomic E-state index is 0.179. The Bertz CT molecular complexity index is 265. The first-order valence-corrected chi connectivity index (χ1v) is 5.06. The number of benzene rings is 1. The van der Waals surface area contributed by atoms with Crippen LogP contribution in [-0.2, 0) is 0 Å². The zero-order valence-electron chi connectivity index (χ0n) is 8.61. The molecule has 0 amide bonds. The van der Waals surface area contributed by atoms with Gasteiger partial charge in [0.15, 0.2) is 0 Å². The van der Waals surface area contributed by atoms with Gasteiger partial charge in [-0.3, -0.25) is 0 Å². The number of aliphatic hydroxyl groups excluding tert-OH is 2. The van der Waals surface area contributed by atoms with Gasteiger partial charge in [-0.15, -0.1) is 0 Å². The van der Waals surface area contributed by atoms with E-state index in [1.165, 1.54) is 11.1 Å². The van der Waals surface area contributed by atoms with Gasteiger partial charge in [0.25, 0.3) is 0 Å². The van der Waals surface area contributed by atoms with Crippen LogP contribution in [0.15, 0.2) is 24.3 Å². The number of aryl methyl sites for hydroxylation is 1. The van der Waals surface area contributed by atoms with E-state index in [0.717, 1.165) is 12.8 Å². The van der Waals surface area contributed by atoms with Crippen LogP contribution in [0.2, 0.25) is 0 Å². The smallest absolute Gasteiger partial charge is 0.0436 e. The Morgan fingerprint density at radius 3 is 2.29 bits per heavy atom. The fourth-order valence-electron chi connectivity index (χ4n) is 1.71. The molecule has 14 heavy (non-hydrogen) atoms. The van der Waals surface area contributed by atoms with Gasteiger partial charge in [-0.05, 0) is 31.2 Å². The fraction of sp³-hybridized carbons (Fsp3) is 0.500. The van der Waals surface area contributed by atoms with E-state index in [4.69, 9.17) is 10.2 Å². The van der Waals surface area contributed by atoms with Crippen LogP contribution in [0.1, 0.15) is 29.9 Å². The summed E-state index contributed by atoms with van der Waals surface area (Å²) in [4.78, 5) is 0. The number of rotatable bonds is 5. The number of hydrogen-bond donors (Lipinski definition) is 2. The van der Waals surface area contributed by atoms with Gasteiger partial charge in [-0.2, -0.15) is 0 Å². The van der Waals surface area contributed by atoms with Crippen LogP contribution in [0.5, 0.6) is 0 Å². The second-order valence-electron chi connectivity index (χ2n) is 3.64. The average Bonchev–Trinajstić information content (AvgIpc) is 2.17. The molecule has 1 rings (SSSR count). The maximum atomic E-state index is 8.91. The molecule has 0 atom stereocenters. The Hall–Kier alpha value is -0.860. The lowest BCUT2D eigenvalue weighted by Crippen LogP contribution is -2.04. The van der Waals surface area contributed by atoms with Crippen molar-refractivity contribution >= 4 is 0 Å². The summed E-state index contributed by atoms with van der Waals surface area (Å²) in [5.41, 5.74) is 2.44. The quantitative estimate of drug-likeness (QED) is 0.751. The highest BCUT2D eigenvalue weighted by Crippen LogP contribution is 2.23. The maximum Gasteiger partial charge on any atom is 0.0436 e. The van der Waals surface area contributed by atoms with E-state index in [1.807, 2.05) is 6.07 Å². The minimum Gasteiger partial charge on any atom is -0.396 e. The highest BCUT2D eigenvalue weighted by molar-refractivity contribution is 5.25. The topological polar surface area (TPSA) is 40.5 Å². The Kier molecular flexibility index (Phi) is 4.63. The van der Waals surface area contributed by atoms with E-state index in [9.17, 15) is 0 Å². The standard InChI is InChI=1S/C12H18O2/c1-10-3-2-4-12(9-10)11(5-7-13)6-8-14/h2-4,9,11,13-14H,5-8H2,1H3. The first-order valence-electron chi connectivity index (χ1n) is 5.06. The molecule has 2 nitrogen and oxygen atoms in total. The van der Waals surface area contributed by atoms with Crippen LogP contribution in [-0.4, -0.2) is 23.4 Å². The number of aliphatic hydroxyl groups is 2. The zero-order valence-corrected chi connectivity index (χ0v) is 8.61. The SMILES string of the molecule is Cc1cccc(C(CCO)CCO)c1. The van der Waals surface area contributed by atoms with E-state index in [2.05, 4.69) is 25.1 Å². The van der Waals surface area contributed by atoms with E-state index >= 15 is 0 Å². The molecule has 0 heterocycles. The van der Waals surface area contributed by atoms with Crippen molar-refractivity contribution in [1.29, 1.82) is 0 Å². The van der Waals surface area contributed by atoms with Crippen molar-refractivity contribution in [3.63, 3.8) is 0 Å². The monoisotopic (exact) mass is 194 g/mol. The first kappa shape index (κ1) is 11.2. The molecular weight excluding hydrogens is 176 g/mol. The lowest BCUT2D eigenvalue weighted by Gasteiger charge is -2.15. The average molecular weight is 194 g/mol. The maximum absolute atomic E-state index is 8.91. The largest absolute Gasteiger partial charge is 0.396 e. The molecule has 0 radical (unpaired) electrons. The van der Waals surface area contributed by atoms with Crippen LogP contribution in [0.25, 0.3) is 0 Å². The highest BCUT2D eigenvalue weighted by Gasteiger charge is 2.09. The lowest BCUT2D eigenvalue weighted by atomic mass is 9.92. The fourth-order valence-corrected chi connectivity index (χ4v) is 1.71. The summed E-state index contributed by atoms with van der Waals surface area (Å²) >= 11 is 0. The Morgan fingerprint density at radius 2 is 1.79 bits per heavy atom. The van der Waals surface area contributed by atoms with Crippen molar-refractivity contribution in [2.45, 2.75) is 25.7 Å². The molecule has 0 aromatic heterocycles. The van der Waals surface area contributed by atoms with Crippen LogP contribution in [0, 0.1) is 6.92 Å². The third-order valence-corrected chi connectivity index (χ3v) is 2.47. The van der Waals surface area contributed by atoms with Crippen molar-refractivity contribution in [3.8, 4) is 0 Å². The lowest BCUT2D eigenvalue weighted by molar-refractivity contribution is 0.242. The van der Waals surface area contributed by atoms with E-state index in [1.54, 1.807) is 0 Å². The zero-order chi connectivity index (χ0) is 10.4. The van der Waals surface area contributed by atoms with Gasteiger partial charge in [0.1, 0.15) is 0 Å². The van der Waals surface area contributed by atoms with Gasteiger partial charge in [-0.1, -0.05) is 29.8 Å². The van der Waals surface area contributed by atoms with Crippen LogP contribution in [0.3, 0.4) is 0 Å². The minimum absolute atomic E-state index is 0.179. The summed E-state index contributed by atoms with van der Waals surface area (Å²) < 4.78 is 0.